The third kappa shape index (κ3) is 9.40. The van der Waals surface area contributed by atoms with E-state index < -0.39 is 12.6 Å². The van der Waals surface area contributed by atoms with Crippen LogP contribution in [0.2, 0.25) is 0 Å². The number of halogens is 4. The second kappa shape index (κ2) is 12.0. The topological polar surface area (TPSA) is 39.7 Å². The molecule has 2 heterocycles. The second-order valence-corrected chi connectivity index (χ2v) is 7.37. The van der Waals surface area contributed by atoms with Crippen LogP contribution in [0.4, 0.5) is 13.2 Å². The molecule has 0 radical (unpaired) electrons. The quantitative estimate of drug-likeness (QED) is 0.334. The van der Waals surface area contributed by atoms with Gasteiger partial charge in [0.1, 0.15) is 0 Å². The monoisotopic (exact) mass is 504 g/mol. The Morgan fingerprint density at radius 2 is 2.19 bits per heavy atom. The van der Waals surface area contributed by atoms with E-state index in [4.69, 9.17) is 0 Å². The molecule has 0 saturated carbocycles. The minimum Gasteiger partial charge on any atom is -0.357 e. The fourth-order valence-corrected chi connectivity index (χ4v) is 3.70. The number of likely N-dealkylation sites (tertiary alicyclic amines) is 1. The first-order chi connectivity index (χ1) is 12.0. The smallest absolute Gasteiger partial charge is 0.357 e. The van der Waals surface area contributed by atoms with E-state index in [0.717, 1.165) is 32.5 Å². The third-order valence-electron chi connectivity index (χ3n) is 4.12. The predicted molar refractivity (Wildman–Crippen MR) is 112 cm³/mol. The largest absolute Gasteiger partial charge is 0.390 e. The van der Waals surface area contributed by atoms with Crippen LogP contribution in [0.3, 0.4) is 0 Å². The van der Waals surface area contributed by atoms with Crippen LogP contribution in [0, 0.1) is 5.92 Å². The molecule has 0 amide bonds. The molecule has 1 aromatic rings. The molecule has 9 heteroatoms. The van der Waals surface area contributed by atoms with Crippen molar-refractivity contribution in [2.24, 2.45) is 10.9 Å². The Balaban J connectivity index is 0.00000338. The molecule has 2 rings (SSSR count). The molecule has 0 aromatic carbocycles. The number of thiophene rings is 1. The highest BCUT2D eigenvalue weighted by Crippen LogP contribution is 2.21. The van der Waals surface area contributed by atoms with Gasteiger partial charge in [0, 0.05) is 37.6 Å². The number of nitrogens with zero attached hydrogens (tertiary/aromatic N) is 2. The number of hydrogen-bond donors (Lipinski definition) is 2. The average Bonchev–Trinajstić information content (AvgIpc) is 3.05. The molecule has 1 saturated heterocycles. The summed E-state index contributed by atoms with van der Waals surface area (Å²) >= 11 is 1.77. The van der Waals surface area contributed by atoms with Crippen molar-refractivity contribution in [3.05, 3.63) is 22.4 Å². The van der Waals surface area contributed by atoms with Crippen LogP contribution in [0.5, 0.6) is 0 Å². The van der Waals surface area contributed by atoms with Crippen molar-refractivity contribution in [1.82, 2.24) is 15.5 Å². The maximum absolute atomic E-state index is 12.3. The van der Waals surface area contributed by atoms with Crippen molar-refractivity contribution < 1.29 is 13.2 Å². The Morgan fingerprint density at radius 1 is 1.38 bits per heavy atom. The molecule has 0 spiro atoms. The van der Waals surface area contributed by atoms with Crippen LogP contribution in [0.25, 0.3) is 0 Å². The minimum atomic E-state index is -4.14. The van der Waals surface area contributed by atoms with Gasteiger partial charge < -0.3 is 10.6 Å². The number of aliphatic imine (C=N–C) groups is 1. The van der Waals surface area contributed by atoms with E-state index in [9.17, 15) is 13.2 Å². The molecule has 4 nitrogen and oxygen atoms in total. The Labute approximate surface area is 174 Å². The van der Waals surface area contributed by atoms with Crippen LogP contribution in [-0.2, 0) is 6.54 Å². The van der Waals surface area contributed by atoms with Crippen molar-refractivity contribution in [2.75, 3.05) is 32.7 Å². The fourth-order valence-electron chi connectivity index (χ4n) is 2.95. The summed E-state index contributed by atoms with van der Waals surface area (Å²) in [5, 5.41) is 7.88. The van der Waals surface area contributed by atoms with Gasteiger partial charge in [-0.15, -0.1) is 35.3 Å². The van der Waals surface area contributed by atoms with Crippen molar-refractivity contribution in [2.45, 2.75) is 38.9 Å². The highest BCUT2D eigenvalue weighted by molar-refractivity contribution is 14.0. The second-order valence-electron chi connectivity index (χ2n) is 6.33. The van der Waals surface area contributed by atoms with Gasteiger partial charge in [0.2, 0.25) is 0 Å². The number of hydrogen-bond acceptors (Lipinski definition) is 3. The van der Waals surface area contributed by atoms with Gasteiger partial charge in [0.05, 0.1) is 6.42 Å². The van der Waals surface area contributed by atoms with E-state index in [-0.39, 0.29) is 30.5 Å². The predicted octanol–water partition coefficient (Wildman–Crippen LogP) is 4.09. The number of piperidine rings is 1. The first-order valence-corrected chi connectivity index (χ1v) is 9.68. The van der Waals surface area contributed by atoms with Crippen molar-refractivity contribution >= 4 is 41.3 Å². The van der Waals surface area contributed by atoms with E-state index in [2.05, 4.69) is 38.0 Å². The Kier molecular flexibility index (Phi) is 10.9. The summed E-state index contributed by atoms with van der Waals surface area (Å²) < 4.78 is 36.8. The molecule has 150 valence electrons. The lowest BCUT2D eigenvalue weighted by Crippen LogP contribution is -2.40. The maximum atomic E-state index is 12.3. The van der Waals surface area contributed by atoms with Gasteiger partial charge in [-0.2, -0.15) is 13.2 Å². The van der Waals surface area contributed by atoms with Gasteiger partial charge in [0.15, 0.2) is 5.96 Å². The fraction of sp³-hybridized carbons (Fsp3) is 0.706. The molecule has 1 atom stereocenters. The molecule has 2 N–H and O–H groups in total. The number of rotatable bonds is 7. The molecule has 1 fully saturated rings. The zero-order valence-corrected chi connectivity index (χ0v) is 18.2. The van der Waals surface area contributed by atoms with Crippen LogP contribution in [-0.4, -0.2) is 49.8 Å². The van der Waals surface area contributed by atoms with Gasteiger partial charge in [-0.3, -0.25) is 9.89 Å². The normalized spacial score (nSPS) is 19.1. The van der Waals surface area contributed by atoms with E-state index in [1.165, 1.54) is 4.88 Å². The summed E-state index contributed by atoms with van der Waals surface area (Å²) in [6.45, 7) is 6.09. The molecule has 1 aliphatic rings. The van der Waals surface area contributed by atoms with Crippen LogP contribution in [0.15, 0.2) is 22.5 Å². The summed E-state index contributed by atoms with van der Waals surface area (Å²) in [6, 6.07) is 4.22. The summed E-state index contributed by atoms with van der Waals surface area (Å²) in [5.41, 5.74) is 0. The molecule has 26 heavy (non-hydrogen) atoms. The first kappa shape index (κ1) is 23.5. The Morgan fingerprint density at radius 3 is 2.85 bits per heavy atom. The van der Waals surface area contributed by atoms with Crippen molar-refractivity contribution in [3.8, 4) is 0 Å². The zero-order chi connectivity index (χ0) is 18.1. The lowest BCUT2D eigenvalue weighted by atomic mass is 9.98. The van der Waals surface area contributed by atoms with E-state index in [1.807, 2.05) is 6.92 Å². The number of nitrogens with one attached hydrogen (secondary N) is 2. The molecule has 1 aliphatic heterocycles. The Bertz CT molecular complexity index is 523. The van der Waals surface area contributed by atoms with Gasteiger partial charge in [-0.1, -0.05) is 6.07 Å². The molecular weight excluding hydrogens is 476 g/mol. The lowest BCUT2D eigenvalue weighted by molar-refractivity contribution is -0.132. The van der Waals surface area contributed by atoms with E-state index in [1.54, 1.807) is 11.3 Å². The standard InChI is InChI=1S/C17H27F3N4S.HI/c1-2-21-16(22-8-7-17(18,19)20)23-11-14-5-3-9-24(12-14)13-15-6-4-10-25-15;/h4,6,10,14H,2-3,5,7-9,11-13H2,1H3,(H2,21,22,23);1H. The lowest BCUT2D eigenvalue weighted by Gasteiger charge is -2.31. The molecule has 0 bridgehead atoms. The summed E-state index contributed by atoms with van der Waals surface area (Å²) in [7, 11) is 0. The Hall–Kier alpha value is -0.550. The highest BCUT2D eigenvalue weighted by atomic mass is 127. The number of alkyl halides is 3. The van der Waals surface area contributed by atoms with Crippen LogP contribution in [0.1, 0.15) is 31.1 Å². The number of guanidine groups is 1. The molecule has 1 unspecified atom stereocenters. The SMILES string of the molecule is CCNC(=NCC1CCCN(Cc2cccs2)C1)NCCC(F)(F)F.I. The van der Waals surface area contributed by atoms with Crippen LogP contribution >= 0.6 is 35.3 Å². The van der Waals surface area contributed by atoms with Gasteiger partial charge in [0.25, 0.3) is 0 Å². The summed E-state index contributed by atoms with van der Waals surface area (Å²) in [4.78, 5) is 8.30. The van der Waals surface area contributed by atoms with Crippen LogP contribution < -0.4 is 10.6 Å². The minimum absolute atomic E-state index is 0. The van der Waals surface area contributed by atoms with Gasteiger partial charge >= 0.3 is 6.18 Å². The molecular formula is C17H28F3IN4S. The first-order valence-electron chi connectivity index (χ1n) is 8.80. The van der Waals surface area contributed by atoms with Crippen molar-refractivity contribution in [1.29, 1.82) is 0 Å². The van der Waals surface area contributed by atoms with E-state index >= 15 is 0 Å². The van der Waals surface area contributed by atoms with Gasteiger partial charge in [-0.05, 0) is 43.7 Å². The average molecular weight is 504 g/mol. The maximum Gasteiger partial charge on any atom is 0.390 e. The third-order valence-corrected chi connectivity index (χ3v) is 4.98. The van der Waals surface area contributed by atoms with Crippen molar-refractivity contribution in [3.63, 3.8) is 0 Å². The zero-order valence-electron chi connectivity index (χ0n) is 15.0. The molecule has 1 aromatic heterocycles. The van der Waals surface area contributed by atoms with Gasteiger partial charge in [-0.25, -0.2) is 0 Å². The van der Waals surface area contributed by atoms with E-state index in [0.29, 0.717) is 25.0 Å². The summed E-state index contributed by atoms with van der Waals surface area (Å²) in [6.07, 6.45) is -2.73. The molecule has 0 aliphatic carbocycles. The summed E-state index contributed by atoms with van der Waals surface area (Å²) in [5.74, 6) is 0.925. The highest BCUT2D eigenvalue weighted by Gasteiger charge is 2.26.